The van der Waals surface area contributed by atoms with Crippen LogP contribution in [0, 0.1) is 0 Å². The van der Waals surface area contributed by atoms with E-state index in [1.54, 1.807) is 12.4 Å². The van der Waals surface area contributed by atoms with E-state index in [4.69, 9.17) is 15.0 Å². The van der Waals surface area contributed by atoms with Crippen LogP contribution >= 0.6 is 0 Å². The smallest absolute Gasteiger partial charge is 0.246 e. The summed E-state index contributed by atoms with van der Waals surface area (Å²) in [4.78, 5) is 8.40. The summed E-state index contributed by atoms with van der Waals surface area (Å²) in [7, 11) is 0. The van der Waals surface area contributed by atoms with Crippen molar-refractivity contribution in [2.24, 2.45) is 5.73 Å². The molecule has 0 atom stereocenters. The molecule has 0 aromatic carbocycles. The van der Waals surface area contributed by atoms with E-state index in [-0.39, 0.29) is 0 Å². The van der Waals surface area contributed by atoms with Gasteiger partial charge in [-0.2, -0.15) is 4.98 Å². The van der Waals surface area contributed by atoms with Gasteiger partial charge in [-0.3, -0.25) is 4.98 Å². The first-order valence-electron chi connectivity index (χ1n) is 6.35. The lowest BCUT2D eigenvalue weighted by Crippen LogP contribution is -2.42. The predicted octanol–water partition coefficient (Wildman–Crippen LogP) is 1.02. The van der Waals surface area contributed by atoms with Crippen LogP contribution in [0.4, 0.5) is 0 Å². The second-order valence-corrected chi connectivity index (χ2v) is 4.82. The highest BCUT2D eigenvalue weighted by Gasteiger charge is 2.35. The molecule has 0 bridgehead atoms. The molecule has 0 unspecified atom stereocenters. The third-order valence-electron chi connectivity index (χ3n) is 3.39. The fourth-order valence-corrected chi connectivity index (χ4v) is 2.16. The van der Waals surface area contributed by atoms with E-state index in [0.29, 0.717) is 44.2 Å². The molecule has 0 radical (unpaired) electrons. The summed E-state index contributed by atoms with van der Waals surface area (Å²) in [6.07, 6.45) is 5.55. The van der Waals surface area contributed by atoms with Crippen LogP contribution in [0.1, 0.15) is 30.1 Å². The minimum atomic E-state index is -0.540. The minimum absolute atomic E-state index is 0.514. The Kier molecular flexibility index (Phi) is 3.27. The van der Waals surface area contributed by atoms with E-state index in [1.165, 1.54) is 0 Å². The van der Waals surface area contributed by atoms with Crippen LogP contribution < -0.4 is 5.73 Å². The van der Waals surface area contributed by atoms with Crippen LogP contribution in [-0.4, -0.2) is 28.3 Å². The van der Waals surface area contributed by atoms with Gasteiger partial charge >= 0.3 is 0 Å². The Morgan fingerprint density at radius 1 is 1.21 bits per heavy atom. The molecule has 3 rings (SSSR count). The Morgan fingerprint density at radius 2 is 1.95 bits per heavy atom. The SMILES string of the molecule is NC1(c2nc(Cc3ccncc3)no2)CCOCC1. The van der Waals surface area contributed by atoms with Gasteiger partial charge in [-0.15, -0.1) is 0 Å². The fraction of sp³-hybridized carbons (Fsp3) is 0.462. The Labute approximate surface area is 111 Å². The summed E-state index contributed by atoms with van der Waals surface area (Å²) in [6, 6.07) is 3.87. The van der Waals surface area contributed by atoms with E-state index in [2.05, 4.69) is 15.1 Å². The van der Waals surface area contributed by atoms with Gasteiger partial charge in [0, 0.05) is 32.0 Å². The molecule has 6 nitrogen and oxygen atoms in total. The molecule has 1 saturated heterocycles. The van der Waals surface area contributed by atoms with Gasteiger partial charge in [0.1, 0.15) is 5.54 Å². The van der Waals surface area contributed by atoms with Gasteiger partial charge in [-0.05, 0) is 30.5 Å². The Morgan fingerprint density at radius 3 is 2.68 bits per heavy atom. The van der Waals surface area contributed by atoms with Gasteiger partial charge < -0.3 is 15.0 Å². The number of hydrogen-bond acceptors (Lipinski definition) is 6. The summed E-state index contributed by atoms with van der Waals surface area (Å²) >= 11 is 0. The number of aromatic nitrogens is 3. The van der Waals surface area contributed by atoms with Gasteiger partial charge in [0.25, 0.3) is 0 Å². The van der Waals surface area contributed by atoms with E-state index in [0.717, 1.165) is 5.56 Å². The average Bonchev–Trinajstić information content (AvgIpc) is 2.90. The standard InChI is InChI=1S/C13H16N4O2/c14-13(3-7-18-8-4-13)12-16-11(17-19-12)9-10-1-5-15-6-2-10/h1-2,5-6H,3-4,7-9,14H2. The van der Waals surface area contributed by atoms with E-state index >= 15 is 0 Å². The van der Waals surface area contributed by atoms with Gasteiger partial charge in [-0.25, -0.2) is 0 Å². The molecular weight excluding hydrogens is 244 g/mol. The maximum Gasteiger partial charge on any atom is 0.246 e. The van der Waals surface area contributed by atoms with E-state index in [1.807, 2.05) is 12.1 Å². The second-order valence-electron chi connectivity index (χ2n) is 4.82. The summed E-state index contributed by atoms with van der Waals surface area (Å²) < 4.78 is 10.6. The van der Waals surface area contributed by atoms with Crippen molar-refractivity contribution in [3.05, 3.63) is 41.8 Å². The highest BCUT2D eigenvalue weighted by molar-refractivity contribution is 5.15. The number of hydrogen-bond donors (Lipinski definition) is 1. The summed E-state index contributed by atoms with van der Waals surface area (Å²) in [5.41, 5.74) is 6.86. The topological polar surface area (TPSA) is 87.1 Å². The molecule has 100 valence electrons. The molecule has 2 aromatic heterocycles. The van der Waals surface area contributed by atoms with Crippen molar-refractivity contribution in [3.63, 3.8) is 0 Å². The molecule has 0 amide bonds. The molecule has 2 aromatic rings. The zero-order valence-electron chi connectivity index (χ0n) is 10.6. The van der Waals surface area contributed by atoms with Crippen LogP contribution in [0.25, 0.3) is 0 Å². The third-order valence-corrected chi connectivity index (χ3v) is 3.39. The van der Waals surface area contributed by atoms with Crippen LogP contribution in [0.2, 0.25) is 0 Å². The quantitative estimate of drug-likeness (QED) is 0.886. The lowest BCUT2D eigenvalue weighted by Gasteiger charge is -2.29. The average molecular weight is 260 g/mol. The number of pyridine rings is 1. The molecule has 0 saturated carbocycles. The zero-order valence-corrected chi connectivity index (χ0v) is 10.6. The summed E-state index contributed by atoms with van der Waals surface area (Å²) in [6.45, 7) is 1.27. The van der Waals surface area contributed by atoms with Crippen molar-refractivity contribution in [2.75, 3.05) is 13.2 Å². The van der Waals surface area contributed by atoms with Gasteiger partial charge in [0.15, 0.2) is 5.82 Å². The highest BCUT2D eigenvalue weighted by atomic mass is 16.5. The summed E-state index contributed by atoms with van der Waals surface area (Å²) in [5.74, 6) is 1.16. The molecule has 1 aliphatic rings. The Balaban J connectivity index is 1.76. The number of nitrogens with two attached hydrogens (primary N) is 1. The van der Waals surface area contributed by atoms with E-state index in [9.17, 15) is 0 Å². The van der Waals surface area contributed by atoms with Gasteiger partial charge in [0.2, 0.25) is 5.89 Å². The zero-order chi connectivity index (χ0) is 13.1. The Bertz CT molecular complexity index is 535. The van der Waals surface area contributed by atoms with Crippen LogP contribution in [0.5, 0.6) is 0 Å². The second kappa shape index (κ2) is 5.07. The van der Waals surface area contributed by atoms with Crippen molar-refractivity contribution < 1.29 is 9.26 Å². The number of rotatable bonds is 3. The number of nitrogens with zero attached hydrogens (tertiary/aromatic N) is 3. The van der Waals surface area contributed by atoms with Crippen LogP contribution in [0.3, 0.4) is 0 Å². The molecule has 0 aliphatic carbocycles. The molecule has 1 fully saturated rings. The number of ether oxygens (including phenoxy) is 1. The lowest BCUT2D eigenvalue weighted by molar-refractivity contribution is 0.0400. The van der Waals surface area contributed by atoms with Crippen molar-refractivity contribution in [1.82, 2.24) is 15.1 Å². The van der Waals surface area contributed by atoms with Gasteiger partial charge in [-0.1, -0.05) is 5.16 Å². The van der Waals surface area contributed by atoms with Crippen LogP contribution in [0.15, 0.2) is 29.0 Å². The molecule has 2 N–H and O–H groups in total. The maximum atomic E-state index is 6.30. The van der Waals surface area contributed by atoms with Crippen molar-refractivity contribution in [1.29, 1.82) is 0 Å². The monoisotopic (exact) mass is 260 g/mol. The predicted molar refractivity (Wildman–Crippen MR) is 67.3 cm³/mol. The van der Waals surface area contributed by atoms with Gasteiger partial charge in [0.05, 0.1) is 0 Å². The molecule has 0 spiro atoms. The van der Waals surface area contributed by atoms with Crippen molar-refractivity contribution >= 4 is 0 Å². The molecule has 6 heteroatoms. The largest absolute Gasteiger partial charge is 0.381 e. The first kappa shape index (κ1) is 12.3. The molecular formula is C13H16N4O2. The normalized spacial score (nSPS) is 18.4. The molecule has 3 heterocycles. The van der Waals surface area contributed by atoms with Crippen LogP contribution in [-0.2, 0) is 16.7 Å². The maximum absolute atomic E-state index is 6.30. The molecule has 19 heavy (non-hydrogen) atoms. The van der Waals surface area contributed by atoms with Crippen molar-refractivity contribution in [3.8, 4) is 0 Å². The van der Waals surface area contributed by atoms with E-state index < -0.39 is 5.54 Å². The fourth-order valence-electron chi connectivity index (χ4n) is 2.16. The Hall–Kier alpha value is -1.79. The first-order chi connectivity index (χ1) is 9.26. The third kappa shape index (κ3) is 2.64. The first-order valence-corrected chi connectivity index (χ1v) is 6.35. The van der Waals surface area contributed by atoms with Crippen molar-refractivity contribution in [2.45, 2.75) is 24.8 Å². The summed E-state index contributed by atoms with van der Waals surface area (Å²) in [5, 5.41) is 4.00. The highest BCUT2D eigenvalue weighted by Crippen LogP contribution is 2.28. The molecule has 1 aliphatic heterocycles. The lowest BCUT2D eigenvalue weighted by atomic mass is 9.91. The minimum Gasteiger partial charge on any atom is -0.381 e.